The second kappa shape index (κ2) is 10.5. The van der Waals surface area contributed by atoms with E-state index in [-0.39, 0.29) is 26.4 Å². The first-order valence-electron chi connectivity index (χ1n) is 8.05. The lowest BCUT2D eigenvalue weighted by Crippen LogP contribution is -2.23. The van der Waals surface area contributed by atoms with Gasteiger partial charge in [-0.25, -0.2) is 9.65 Å². The Bertz CT molecular complexity index is 548. The Kier molecular flexibility index (Phi) is 9.39. The first-order valence-corrected chi connectivity index (χ1v) is 11.2. The van der Waals surface area contributed by atoms with Gasteiger partial charge in [0.1, 0.15) is 5.78 Å². The summed E-state index contributed by atoms with van der Waals surface area (Å²) < 4.78 is 47.5. The number of rotatable bonds is 12. The summed E-state index contributed by atoms with van der Waals surface area (Å²) in [7, 11) is -7.31. The maximum absolute atomic E-state index is 13.3. The Morgan fingerprint density at radius 3 is 1.71 bits per heavy atom. The van der Waals surface area contributed by atoms with Crippen molar-refractivity contribution >= 4 is 15.3 Å². The summed E-state index contributed by atoms with van der Waals surface area (Å²) in [6.07, 6.45) is 0. The first kappa shape index (κ1) is 21.5. The molecule has 0 aromatic heterocycles. The monoisotopic (exact) mass is 379 g/mol. The van der Waals surface area contributed by atoms with Crippen molar-refractivity contribution in [1.82, 2.24) is 5.09 Å². The van der Waals surface area contributed by atoms with E-state index in [4.69, 9.17) is 18.1 Å². The molecule has 9 heteroatoms. The maximum Gasteiger partial charge on any atom is 0.406 e. The predicted molar refractivity (Wildman–Crippen MR) is 94.0 cm³/mol. The van der Waals surface area contributed by atoms with Gasteiger partial charge in [-0.15, -0.1) is 0 Å². The first-order chi connectivity index (χ1) is 11.4. The summed E-state index contributed by atoms with van der Waals surface area (Å²) in [6.45, 7) is 7.59. The normalized spacial score (nSPS) is 13.8. The average molecular weight is 379 g/mol. The molecule has 0 radical (unpaired) electrons. The Morgan fingerprint density at radius 2 is 1.29 bits per heavy atom. The highest BCUT2D eigenvalue weighted by molar-refractivity contribution is 7.57. The van der Waals surface area contributed by atoms with E-state index in [1.165, 1.54) is 0 Å². The summed E-state index contributed by atoms with van der Waals surface area (Å²) in [5, 5.41) is 2.76. The van der Waals surface area contributed by atoms with Gasteiger partial charge in [0.2, 0.25) is 0 Å². The van der Waals surface area contributed by atoms with Crippen LogP contribution in [0.25, 0.3) is 0 Å². The summed E-state index contributed by atoms with van der Waals surface area (Å²) in [5.74, 6) is -0.970. The lowest BCUT2D eigenvalue weighted by molar-refractivity contribution is 0.193. The lowest BCUT2D eigenvalue weighted by Gasteiger charge is -2.30. The fourth-order valence-corrected chi connectivity index (χ4v) is 6.08. The van der Waals surface area contributed by atoms with E-state index in [1.54, 1.807) is 52.0 Å². The minimum absolute atomic E-state index is 0.180. The quantitative estimate of drug-likeness (QED) is 0.526. The van der Waals surface area contributed by atoms with Crippen LogP contribution in [0.4, 0.5) is 0 Å². The molecular weight excluding hydrogens is 352 g/mol. The summed E-state index contributed by atoms with van der Waals surface area (Å²) in [6, 6.07) is 8.92. The lowest BCUT2D eigenvalue weighted by atomic mass is 10.2. The van der Waals surface area contributed by atoms with Gasteiger partial charge in [-0.2, -0.15) is 0 Å². The highest BCUT2D eigenvalue weighted by Gasteiger charge is 2.42. The molecule has 138 valence electrons. The minimum atomic E-state index is -3.67. The molecule has 0 aliphatic carbocycles. The van der Waals surface area contributed by atoms with Gasteiger partial charge in [0.15, 0.2) is 0 Å². The van der Waals surface area contributed by atoms with Gasteiger partial charge < -0.3 is 9.05 Å². The third-order valence-electron chi connectivity index (χ3n) is 2.93. The molecule has 1 aromatic carbocycles. The Labute approximate surface area is 144 Å². The topological polar surface area (TPSA) is 83.1 Å². The van der Waals surface area contributed by atoms with E-state index in [9.17, 15) is 9.13 Å². The number of hydrogen-bond acceptors (Lipinski definition) is 6. The second-order valence-corrected chi connectivity index (χ2v) is 8.53. The van der Waals surface area contributed by atoms with Crippen molar-refractivity contribution in [2.75, 3.05) is 26.4 Å². The van der Waals surface area contributed by atoms with Gasteiger partial charge >= 0.3 is 15.3 Å². The molecule has 0 unspecified atom stereocenters. The molecule has 0 spiro atoms. The largest absolute Gasteiger partial charge is 0.406 e. The number of hydrogen-bond donors (Lipinski definition) is 1. The molecule has 0 saturated heterocycles. The van der Waals surface area contributed by atoms with Gasteiger partial charge in [-0.3, -0.25) is 13.6 Å². The van der Waals surface area contributed by atoms with Crippen molar-refractivity contribution in [2.45, 2.75) is 33.5 Å². The van der Waals surface area contributed by atoms with Crippen molar-refractivity contribution in [3.05, 3.63) is 35.9 Å². The highest BCUT2D eigenvalue weighted by atomic mass is 31.2. The van der Waals surface area contributed by atoms with Crippen LogP contribution in [0.2, 0.25) is 0 Å². The van der Waals surface area contributed by atoms with Crippen LogP contribution in [0.1, 0.15) is 39.0 Å². The predicted octanol–water partition coefficient (Wildman–Crippen LogP) is 4.72. The average Bonchev–Trinajstić information content (AvgIpc) is 2.54. The standard InChI is InChI=1S/C15H27NO6P2/c1-5-19-23(17,20-6-2)15(14-12-10-9-11-13-14)16-24(18,21-7-3)22-8-4/h9-13,15H,5-8H2,1-4H3,(H,16,18)/t15-/m0/s1. The van der Waals surface area contributed by atoms with Crippen molar-refractivity contribution in [2.24, 2.45) is 0 Å². The molecule has 1 rings (SSSR count). The van der Waals surface area contributed by atoms with E-state index in [2.05, 4.69) is 5.09 Å². The summed E-state index contributed by atoms with van der Waals surface area (Å²) >= 11 is 0. The summed E-state index contributed by atoms with van der Waals surface area (Å²) in [4.78, 5) is 0. The maximum atomic E-state index is 13.3. The van der Waals surface area contributed by atoms with E-state index in [0.29, 0.717) is 5.56 Å². The van der Waals surface area contributed by atoms with Crippen molar-refractivity contribution in [3.8, 4) is 0 Å². The molecule has 1 N–H and O–H groups in total. The van der Waals surface area contributed by atoms with Gasteiger partial charge in [0.25, 0.3) is 0 Å². The van der Waals surface area contributed by atoms with E-state index in [1.807, 2.05) is 6.07 Å². The Morgan fingerprint density at radius 1 is 0.833 bits per heavy atom. The molecule has 0 aliphatic heterocycles. The van der Waals surface area contributed by atoms with Gasteiger partial charge in [-0.05, 0) is 33.3 Å². The highest BCUT2D eigenvalue weighted by Crippen LogP contribution is 2.63. The van der Waals surface area contributed by atoms with E-state index in [0.717, 1.165) is 0 Å². The zero-order chi connectivity index (χ0) is 18.1. The Hall–Kier alpha value is -0.520. The zero-order valence-electron chi connectivity index (χ0n) is 14.6. The molecule has 24 heavy (non-hydrogen) atoms. The van der Waals surface area contributed by atoms with Crippen LogP contribution in [0.5, 0.6) is 0 Å². The SMILES string of the molecule is CCOP(=O)(N[C@H](c1ccccc1)P(=O)(OCC)OCC)OCC. The molecule has 0 fully saturated rings. The molecule has 7 nitrogen and oxygen atoms in total. The zero-order valence-corrected chi connectivity index (χ0v) is 16.4. The van der Waals surface area contributed by atoms with Crippen molar-refractivity contribution < 1.29 is 27.2 Å². The van der Waals surface area contributed by atoms with Crippen LogP contribution in [-0.4, -0.2) is 26.4 Å². The molecule has 0 heterocycles. The fourth-order valence-electron chi connectivity index (χ4n) is 2.11. The molecule has 0 amide bonds. The van der Waals surface area contributed by atoms with Crippen LogP contribution >= 0.6 is 15.3 Å². The smallest absolute Gasteiger partial charge is 0.308 e. The molecule has 0 bridgehead atoms. The van der Waals surface area contributed by atoms with E-state index < -0.39 is 21.1 Å². The second-order valence-electron chi connectivity index (χ2n) is 4.65. The van der Waals surface area contributed by atoms with Crippen molar-refractivity contribution in [1.29, 1.82) is 0 Å². The molecule has 0 saturated carbocycles. The molecule has 0 aliphatic rings. The molecule has 1 aromatic rings. The van der Waals surface area contributed by atoms with Crippen LogP contribution in [-0.2, 0) is 27.2 Å². The van der Waals surface area contributed by atoms with Crippen molar-refractivity contribution in [3.63, 3.8) is 0 Å². The van der Waals surface area contributed by atoms with Gasteiger partial charge in [-0.1, -0.05) is 30.3 Å². The van der Waals surface area contributed by atoms with Crippen LogP contribution in [0.3, 0.4) is 0 Å². The third kappa shape index (κ3) is 6.08. The number of nitrogens with one attached hydrogen (secondary N) is 1. The van der Waals surface area contributed by atoms with E-state index >= 15 is 0 Å². The Balaban J connectivity index is 3.27. The van der Waals surface area contributed by atoms with Gasteiger partial charge in [0, 0.05) is 0 Å². The minimum Gasteiger partial charge on any atom is -0.308 e. The number of benzene rings is 1. The molecular formula is C15H27NO6P2. The third-order valence-corrected chi connectivity index (χ3v) is 7.20. The van der Waals surface area contributed by atoms with Crippen LogP contribution < -0.4 is 5.09 Å². The van der Waals surface area contributed by atoms with Gasteiger partial charge in [0.05, 0.1) is 26.4 Å². The fraction of sp³-hybridized carbons (Fsp3) is 0.600. The summed E-state index contributed by atoms with van der Waals surface area (Å²) in [5.41, 5.74) is 0.613. The van der Waals surface area contributed by atoms with Crippen LogP contribution in [0, 0.1) is 0 Å². The molecule has 1 atom stereocenters. The van der Waals surface area contributed by atoms with Crippen LogP contribution in [0.15, 0.2) is 30.3 Å².